The second kappa shape index (κ2) is 9.53. The third-order valence-electron chi connectivity index (χ3n) is 8.55. The smallest absolute Gasteiger partial charge is 0.137 e. The number of pyridine rings is 1. The van der Waals surface area contributed by atoms with Crippen molar-refractivity contribution in [2.75, 3.05) is 23.4 Å². The third-order valence-corrected chi connectivity index (χ3v) is 8.55. The maximum absolute atomic E-state index is 5.01. The number of rotatable bonds is 3. The van der Waals surface area contributed by atoms with Gasteiger partial charge in [-0.2, -0.15) is 0 Å². The van der Waals surface area contributed by atoms with Crippen LogP contribution in [-0.4, -0.2) is 29.5 Å². The summed E-state index contributed by atoms with van der Waals surface area (Å²) >= 11 is 0. The van der Waals surface area contributed by atoms with Gasteiger partial charge in [-0.1, -0.05) is 66.7 Å². The minimum atomic E-state index is 0.221. The fourth-order valence-corrected chi connectivity index (χ4v) is 6.53. The molecule has 8 rings (SSSR count). The van der Waals surface area contributed by atoms with Crippen molar-refractivity contribution in [3.8, 4) is 11.1 Å². The number of hydrogen-bond acceptors (Lipinski definition) is 4. The molecule has 3 aromatic carbocycles. The highest BCUT2D eigenvalue weighted by atomic mass is 15.2. The van der Waals surface area contributed by atoms with Crippen LogP contribution in [0.25, 0.3) is 22.3 Å². The molecule has 0 saturated heterocycles. The Morgan fingerprint density at radius 2 is 1.56 bits per heavy atom. The molecule has 0 N–H and O–H groups in total. The lowest BCUT2D eigenvalue weighted by Crippen LogP contribution is -2.33. The van der Waals surface area contributed by atoms with E-state index in [0.717, 1.165) is 24.5 Å². The molecule has 1 aliphatic carbocycles. The van der Waals surface area contributed by atoms with Gasteiger partial charge in [0.2, 0.25) is 0 Å². The Morgan fingerprint density at radius 1 is 0.780 bits per heavy atom. The highest BCUT2D eigenvalue weighted by Gasteiger charge is 2.36. The second-order valence-electron chi connectivity index (χ2n) is 11.0. The van der Waals surface area contributed by atoms with E-state index >= 15 is 0 Å². The summed E-state index contributed by atoms with van der Waals surface area (Å²) in [5, 5.41) is 0. The number of aromatic nitrogens is 1. The largest absolute Gasteiger partial charge is 0.377 e. The summed E-state index contributed by atoms with van der Waals surface area (Å²) < 4.78 is 0. The molecule has 4 heterocycles. The number of para-hydroxylation sites is 2. The molecule has 4 aromatic rings. The highest BCUT2D eigenvalue weighted by Crippen LogP contribution is 2.50. The summed E-state index contributed by atoms with van der Waals surface area (Å²) in [5.74, 6) is 0.942. The van der Waals surface area contributed by atoms with Crippen molar-refractivity contribution in [1.82, 2.24) is 9.88 Å². The van der Waals surface area contributed by atoms with Crippen LogP contribution in [0.4, 0.5) is 17.2 Å². The topological polar surface area (TPSA) is 22.6 Å². The first-order chi connectivity index (χ1) is 20.2. The van der Waals surface area contributed by atoms with Gasteiger partial charge >= 0.3 is 0 Å². The van der Waals surface area contributed by atoms with E-state index in [1.807, 2.05) is 6.20 Å². The third kappa shape index (κ3) is 3.94. The molecule has 1 atom stereocenters. The van der Waals surface area contributed by atoms with Gasteiger partial charge in [0.15, 0.2) is 0 Å². The van der Waals surface area contributed by atoms with E-state index in [-0.39, 0.29) is 6.04 Å². The molecule has 0 amide bonds. The first-order valence-corrected chi connectivity index (χ1v) is 14.2. The number of nitrogens with zero attached hydrogens (tertiary/aromatic N) is 4. The van der Waals surface area contributed by atoms with E-state index in [0.29, 0.717) is 0 Å². The quantitative estimate of drug-likeness (QED) is 0.266. The molecule has 198 valence electrons. The van der Waals surface area contributed by atoms with Crippen LogP contribution in [0.3, 0.4) is 0 Å². The van der Waals surface area contributed by atoms with Crippen molar-refractivity contribution in [1.29, 1.82) is 0 Å². The lowest BCUT2D eigenvalue weighted by Gasteiger charge is -2.36. The van der Waals surface area contributed by atoms with Crippen LogP contribution in [0.1, 0.15) is 17.5 Å². The van der Waals surface area contributed by atoms with Crippen molar-refractivity contribution in [3.05, 3.63) is 156 Å². The van der Waals surface area contributed by atoms with Gasteiger partial charge in [0.1, 0.15) is 5.82 Å². The minimum absolute atomic E-state index is 0.221. The van der Waals surface area contributed by atoms with Gasteiger partial charge in [-0.3, -0.25) is 4.90 Å². The zero-order valence-corrected chi connectivity index (χ0v) is 23.0. The number of allylic oxidation sites excluding steroid dienone is 4. The number of fused-ring (bicyclic) bond motifs is 5. The SMILES string of the molecule is CN1C=CC(c2ccnc(N3C4=C(C=C5C=CN(c6ccccc6)C5C4)c4ccccc4-c4ccccc43)c2)=CC1. The van der Waals surface area contributed by atoms with Gasteiger partial charge in [-0.25, -0.2) is 4.98 Å². The van der Waals surface area contributed by atoms with Crippen LogP contribution in [0.5, 0.6) is 0 Å². The predicted octanol–water partition coefficient (Wildman–Crippen LogP) is 8.19. The number of benzene rings is 3. The summed E-state index contributed by atoms with van der Waals surface area (Å²) in [5.41, 5.74) is 12.4. The predicted molar refractivity (Wildman–Crippen MR) is 169 cm³/mol. The minimum Gasteiger partial charge on any atom is -0.377 e. The molecular formula is C37H30N4. The van der Waals surface area contributed by atoms with Crippen molar-refractivity contribution in [2.24, 2.45) is 0 Å². The maximum atomic E-state index is 5.01. The van der Waals surface area contributed by atoms with Gasteiger partial charge in [-0.05, 0) is 82.6 Å². The lowest BCUT2D eigenvalue weighted by atomic mass is 9.86. The van der Waals surface area contributed by atoms with Crippen LogP contribution in [0.15, 0.2) is 145 Å². The molecule has 0 spiro atoms. The van der Waals surface area contributed by atoms with Gasteiger partial charge in [0, 0.05) is 54.9 Å². The highest BCUT2D eigenvalue weighted by molar-refractivity contribution is 5.99. The van der Waals surface area contributed by atoms with E-state index < -0.39 is 0 Å². The van der Waals surface area contributed by atoms with Crippen molar-refractivity contribution in [2.45, 2.75) is 12.5 Å². The molecule has 0 fully saturated rings. The van der Waals surface area contributed by atoms with Crippen molar-refractivity contribution in [3.63, 3.8) is 0 Å². The summed E-state index contributed by atoms with van der Waals surface area (Å²) in [4.78, 5) is 12.0. The van der Waals surface area contributed by atoms with Crippen LogP contribution in [0.2, 0.25) is 0 Å². The number of anilines is 3. The summed E-state index contributed by atoms with van der Waals surface area (Å²) in [7, 11) is 2.10. The normalized spacial score (nSPS) is 18.8. The Hall–Kier alpha value is -5.09. The van der Waals surface area contributed by atoms with E-state index in [1.54, 1.807) is 0 Å². The van der Waals surface area contributed by atoms with E-state index in [4.69, 9.17) is 4.98 Å². The Labute approximate surface area is 241 Å². The molecule has 1 aromatic heterocycles. The Balaban J connectivity index is 1.33. The molecule has 3 aliphatic heterocycles. The maximum Gasteiger partial charge on any atom is 0.137 e. The fraction of sp³-hybridized carbons (Fsp3) is 0.108. The zero-order valence-electron chi connectivity index (χ0n) is 23.0. The van der Waals surface area contributed by atoms with Crippen LogP contribution >= 0.6 is 0 Å². The fourth-order valence-electron chi connectivity index (χ4n) is 6.53. The van der Waals surface area contributed by atoms with Gasteiger partial charge in [0.25, 0.3) is 0 Å². The molecule has 4 aliphatic rings. The Bertz CT molecular complexity index is 1820. The summed E-state index contributed by atoms with van der Waals surface area (Å²) in [6.07, 6.45) is 16.4. The second-order valence-corrected chi connectivity index (χ2v) is 11.0. The average Bonchev–Trinajstić information content (AvgIpc) is 3.40. The average molecular weight is 531 g/mol. The van der Waals surface area contributed by atoms with Crippen LogP contribution in [-0.2, 0) is 0 Å². The molecular weight excluding hydrogens is 500 g/mol. The lowest BCUT2D eigenvalue weighted by molar-refractivity contribution is 0.506. The van der Waals surface area contributed by atoms with Crippen molar-refractivity contribution >= 4 is 28.3 Å². The molecule has 0 radical (unpaired) electrons. The first kappa shape index (κ1) is 23.8. The number of likely N-dealkylation sites (N-methyl/N-ethyl adjacent to an activating group) is 1. The Morgan fingerprint density at radius 3 is 2.39 bits per heavy atom. The number of hydrogen-bond donors (Lipinski definition) is 0. The Kier molecular flexibility index (Phi) is 5.52. The van der Waals surface area contributed by atoms with E-state index in [2.05, 4.69) is 149 Å². The van der Waals surface area contributed by atoms with E-state index in [1.165, 1.54) is 50.4 Å². The molecule has 41 heavy (non-hydrogen) atoms. The van der Waals surface area contributed by atoms with Gasteiger partial charge in [0.05, 0.1) is 11.7 Å². The van der Waals surface area contributed by atoms with Gasteiger partial charge in [-0.15, -0.1) is 0 Å². The van der Waals surface area contributed by atoms with Crippen LogP contribution < -0.4 is 9.80 Å². The standard InChI is InChI=1S/C37H30N4/c1-39-20-16-26(17-21-39)27-15-19-38-37(24-27)41-34-14-8-7-13-32(34)30-11-5-6-12-31(30)33-23-28-18-22-40(35(28)25-36(33)41)29-9-3-2-4-10-29/h2-20,22-24,35H,21,25H2,1H3. The summed E-state index contributed by atoms with van der Waals surface area (Å²) in [6.45, 7) is 0.901. The monoisotopic (exact) mass is 530 g/mol. The van der Waals surface area contributed by atoms with E-state index in [9.17, 15) is 0 Å². The van der Waals surface area contributed by atoms with Crippen LogP contribution in [0, 0.1) is 0 Å². The summed E-state index contributed by atoms with van der Waals surface area (Å²) in [6, 6.07) is 32.9. The van der Waals surface area contributed by atoms with Crippen molar-refractivity contribution < 1.29 is 0 Å². The molecule has 1 unspecified atom stereocenters. The molecule has 0 saturated carbocycles. The zero-order chi connectivity index (χ0) is 27.3. The molecule has 0 bridgehead atoms. The first-order valence-electron chi connectivity index (χ1n) is 14.2. The molecule has 4 nitrogen and oxygen atoms in total. The van der Waals surface area contributed by atoms with Gasteiger partial charge < -0.3 is 9.80 Å². The molecule has 4 heteroatoms.